The highest BCUT2D eigenvalue weighted by atomic mass is 16.3. The van der Waals surface area contributed by atoms with Crippen LogP contribution >= 0.6 is 0 Å². The minimum Gasteiger partial charge on any atom is -0.504 e. The molecule has 1 fully saturated rings. The quantitative estimate of drug-likeness (QED) is 0.565. The Kier molecular flexibility index (Phi) is 3.18. The number of piperidine rings is 1. The van der Waals surface area contributed by atoms with Crippen molar-refractivity contribution in [3.8, 4) is 11.5 Å². The van der Waals surface area contributed by atoms with Crippen LogP contribution in [0, 0.1) is 0 Å². The first-order valence-corrected chi connectivity index (χ1v) is 8.26. The van der Waals surface area contributed by atoms with E-state index in [1.807, 2.05) is 6.08 Å². The molecule has 0 spiro atoms. The van der Waals surface area contributed by atoms with E-state index in [1.165, 1.54) is 12.1 Å². The smallest absolute Gasteiger partial charge is 0.161 e. The second kappa shape index (κ2) is 4.94. The van der Waals surface area contributed by atoms with Crippen LogP contribution in [0.15, 0.2) is 36.9 Å². The van der Waals surface area contributed by atoms with Crippen molar-refractivity contribution < 1.29 is 20.1 Å². The minimum atomic E-state index is -1.25. The zero-order chi connectivity index (χ0) is 17.1. The van der Waals surface area contributed by atoms with Crippen LogP contribution in [-0.2, 0) is 16.6 Å². The van der Waals surface area contributed by atoms with Crippen LogP contribution in [0.25, 0.3) is 0 Å². The van der Waals surface area contributed by atoms with Crippen LogP contribution in [0.5, 0.6) is 11.5 Å². The molecule has 3 atom stereocenters. The summed E-state index contributed by atoms with van der Waals surface area (Å²) in [5.74, 6) is -0.477. The summed E-state index contributed by atoms with van der Waals surface area (Å²) in [5.41, 5.74) is -0.716. The number of nitrogens with zero attached hydrogens (tertiary/aromatic N) is 1. The van der Waals surface area contributed by atoms with Crippen LogP contribution < -0.4 is 0 Å². The van der Waals surface area contributed by atoms with Crippen molar-refractivity contribution in [2.75, 3.05) is 13.1 Å². The van der Waals surface area contributed by atoms with Gasteiger partial charge in [0.15, 0.2) is 17.3 Å². The molecule has 0 radical (unpaired) electrons. The lowest BCUT2D eigenvalue weighted by Crippen LogP contribution is -2.71. The summed E-state index contributed by atoms with van der Waals surface area (Å²) in [4.78, 5) is 14.4. The standard InChI is InChI=1S/C19H21NO4/c1-2-8-20-9-7-18-11-13(21)5-6-19(18,24)15(20)10-12-3-4-14(22)17(23)16(12)18/h2-6,15,22-24H,1,7-11H2/t15-,18-,19-/m1/s1. The fourth-order valence-corrected chi connectivity index (χ4v) is 4.98. The molecule has 0 aromatic heterocycles. The Morgan fingerprint density at radius 2 is 2.17 bits per heavy atom. The molecule has 3 aliphatic rings. The van der Waals surface area contributed by atoms with Crippen LogP contribution in [0.3, 0.4) is 0 Å². The number of phenols is 2. The molecule has 0 saturated carbocycles. The van der Waals surface area contributed by atoms with Gasteiger partial charge in [-0.05, 0) is 43.2 Å². The van der Waals surface area contributed by atoms with E-state index in [1.54, 1.807) is 12.1 Å². The second-order valence-corrected chi connectivity index (χ2v) is 7.10. The van der Waals surface area contributed by atoms with Crippen molar-refractivity contribution in [3.63, 3.8) is 0 Å². The van der Waals surface area contributed by atoms with Gasteiger partial charge in [-0.25, -0.2) is 0 Å². The zero-order valence-corrected chi connectivity index (χ0v) is 13.4. The second-order valence-electron chi connectivity index (χ2n) is 7.10. The molecule has 2 aliphatic carbocycles. The molecular weight excluding hydrogens is 306 g/mol. The van der Waals surface area contributed by atoms with Crippen LogP contribution in [0.1, 0.15) is 24.0 Å². The average molecular weight is 327 g/mol. The van der Waals surface area contributed by atoms with Crippen LogP contribution in [-0.4, -0.2) is 50.7 Å². The summed E-state index contributed by atoms with van der Waals surface area (Å²) in [6, 6.07) is 3.08. The van der Waals surface area contributed by atoms with Gasteiger partial charge in [0.05, 0.1) is 0 Å². The minimum absolute atomic E-state index is 0.0637. The number of fused-ring (bicyclic) bond motifs is 1. The van der Waals surface area contributed by atoms with Gasteiger partial charge in [-0.1, -0.05) is 12.1 Å². The fraction of sp³-hybridized carbons (Fsp3) is 0.421. The number of aromatic hydroxyl groups is 2. The van der Waals surface area contributed by atoms with E-state index in [4.69, 9.17) is 0 Å². The number of carbonyl (C=O) groups excluding carboxylic acids is 1. The molecule has 1 aliphatic heterocycles. The lowest BCUT2D eigenvalue weighted by atomic mass is 9.51. The highest BCUT2D eigenvalue weighted by Crippen LogP contribution is 2.58. The first-order chi connectivity index (χ1) is 11.4. The van der Waals surface area contributed by atoms with Crippen molar-refractivity contribution in [2.45, 2.75) is 36.3 Å². The van der Waals surface area contributed by atoms with Gasteiger partial charge in [0, 0.05) is 30.0 Å². The Balaban J connectivity index is 2.00. The topological polar surface area (TPSA) is 81.0 Å². The molecule has 1 saturated heterocycles. The number of allylic oxidation sites excluding steroid dienone is 1. The average Bonchev–Trinajstić information content (AvgIpc) is 2.54. The molecule has 126 valence electrons. The Labute approximate surface area is 140 Å². The number of aliphatic hydroxyl groups is 1. The molecule has 1 aromatic rings. The summed E-state index contributed by atoms with van der Waals surface area (Å²) in [6.45, 7) is 5.16. The first kappa shape index (κ1) is 15.4. The molecule has 5 heteroatoms. The number of phenolic OH excluding ortho intramolecular Hbond substituents is 2. The van der Waals surface area contributed by atoms with E-state index in [0.717, 1.165) is 5.56 Å². The SMILES string of the molecule is C=CCN1CC[C@]23CC(=O)C=C[C@@]2(O)[C@H]1Cc1ccc(O)c(O)c13. The molecule has 1 heterocycles. The lowest BCUT2D eigenvalue weighted by Gasteiger charge is -2.61. The third-order valence-electron chi connectivity index (χ3n) is 6.04. The summed E-state index contributed by atoms with van der Waals surface area (Å²) >= 11 is 0. The number of carbonyl (C=O) groups is 1. The fourth-order valence-electron chi connectivity index (χ4n) is 4.98. The molecule has 0 amide bonds. The van der Waals surface area contributed by atoms with Gasteiger partial charge in [-0.2, -0.15) is 0 Å². The molecule has 0 unspecified atom stereocenters. The maximum Gasteiger partial charge on any atom is 0.161 e. The van der Waals surface area contributed by atoms with E-state index in [0.29, 0.717) is 31.5 Å². The maximum absolute atomic E-state index is 12.2. The zero-order valence-electron chi connectivity index (χ0n) is 13.4. The number of benzene rings is 1. The van der Waals surface area contributed by atoms with Crippen molar-refractivity contribution >= 4 is 5.78 Å². The van der Waals surface area contributed by atoms with E-state index in [9.17, 15) is 20.1 Å². The number of hydrogen-bond acceptors (Lipinski definition) is 5. The van der Waals surface area contributed by atoms with Crippen LogP contribution in [0.2, 0.25) is 0 Å². The number of likely N-dealkylation sites (tertiary alicyclic amines) is 1. The van der Waals surface area contributed by atoms with Crippen LogP contribution in [0.4, 0.5) is 0 Å². The number of ketones is 1. The van der Waals surface area contributed by atoms with E-state index < -0.39 is 11.0 Å². The van der Waals surface area contributed by atoms with Crippen molar-refractivity contribution in [3.05, 3.63) is 48.1 Å². The molecular formula is C19H21NO4. The molecule has 24 heavy (non-hydrogen) atoms. The molecule has 1 aromatic carbocycles. The summed E-state index contributed by atoms with van der Waals surface area (Å²) in [6.07, 6.45) is 6.10. The summed E-state index contributed by atoms with van der Waals surface area (Å²) in [5, 5.41) is 32.2. The van der Waals surface area contributed by atoms with Gasteiger partial charge in [0.1, 0.15) is 5.60 Å². The monoisotopic (exact) mass is 327 g/mol. The highest BCUT2D eigenvalue weighted by molar-refractivity contribution is 5.93. The molecule has 4 rings (SSSR count). The van der Waals surface area contributed by atoms with Gasteiger partial charge in [-0.15, -0.1) is 6.58 Å². The van der Waals surface area contributed by atoms with Gasteiger partial charge in [0.25, 0.3) is 0 Å². The first-order valence-electron chi connectivity index (χ1n) is 8.26. The third kappa shape index (κ3) is 1.74. The summed E-state index contributed by atoms with van der Waals surface area (Å²) in [7, 11) is 0. The van der Waals surface area contributed by atoms with Gasteiger partial charge in [-0.3, -0.25) is 9.69 Å². The highest BCUT2D eigenvalue weighted by Gasteiger charge is 2.64. The third-order valence-corrected chi connectivity index (χ3v) is 6.04. The molecule has 3 N–H and O–H groups in total. The predicted octanol–water partition coefficient (Wildman–Crippen LogP) is 1.41. The molecule has 2 bridgehead atoms. The Morgan fingerprint density at radius 3 is 2.92 bits per heavy atom. The Hall–Kier alpha value is -2.11. The van der Waals surface area contributed by atoms with Crippen molar-refractivity contribution in [1.29, 1.82) is 0 Å². The van der Waals surface area contributed by atoms with Crippen molar-refractivity contribution in [1.82, 2.24) is 4.90 Å². The number of rotatable bonds is 2. The number of hydrogen-bond donors (Lipinski definition) is 3. The lowest BCUT2D eigenvalue weighted by molar-refractivity contribution is -0.137. The largest absolute Gasteiger partial charge is 0.504 e. The molecule has 5 nitrogen and oxygen atoms in total. The normalized spacial score (nSPS) is 34.5. The maximum atomic E-state index is 12.2. The Bertz CT molecular complexity index is 771. The van der Waals surface area contributed by atoms with E-state index >= 15 is 0 Å². The Morgan fingerprint density at radius 1 is 1.38 bits per heavy atom. The van der Waals surface area contributed by atoms with E-state index in [-0.39, 0.29) is 29.7 Å². The van der Waals surface area contributed by atoms with Gasteiger partial charge in [0.2, 0.25) is 0 Å². The summed E-state index contributed by atoms with van der Waals surface area (Å²) < 4.78 is 0. The van der Waals surface area contributed by atoms with Gasteiger partial charge < -0.3 is 15.3 Å². The predicted molar refractivity (Wildman–Crippen MR) is 89.0 cm³/mol. The van der Waals surface area contributed by atoms with E-state index in [2.05, 4.69) is 11.5 Å². The van der Waals surface area contributed by atoms with Gasteiger partial charge >= 0.3 is 0 Å². The van der Waals surface area contributed by atoms with Crippen molar-refractivity contribution in [2.24, 2.45) is 0 Å².